The number of rotatable bonds is 5. The molecule has 0 aliphatic heterocycles. The summed E-state index contributed by atoms with van der Waals surface area (Å²) in [5, 5.41) is 6.95. The highest BCUT2D eigenvalue weighted by atomic mass is 35.5. The van der Waals surface area contributed by atoms with Gasteiger partial charge in [0, 0.05) is 5.02 Å². The standard InChI is InChI=1S/C24H21ClN4O2S/c1-15(2)17-9-7-16(8-10-17)13-27-22(30)21-20(11-12-32-21)29-23(27)26-28(24(29)31)14-18-5-3-4-6-19(18)25/h3-12,15H,13-14H2,1-2H3. The van der Waals surface area contributed by atoms with Crippen LogP contribution in [-0.4, -0.2) is 18.7 Å². The summed E-state index contributed by atoms with van der Waals surface area (Å²) in [6.45, 7) is 4.85. The molecular formula is C24H21ClN4O2S. The average molecular weight is 465 g/mol. The first-order valence-electron chi connectivity index (χ1n) is 10.4. The first kappa shape index (κ1) is 20.7. The Bertz CT molecular complexity index is 1560. The maximum absolute atomic E-state index is 13.3. The predicted molar refractivity (Wildman–Crippen MR) is 129 cm³/mol. The molecule has 0 radical (unpaired) electrons. The summed E-state index contributed by atoms with van der Waals surface area (Å²) in [7, 11) is 0. The molecular weight excluding hydrogens is 444 g/mol. The molecule has 0 spiro atoms. The fraction of sp³-hybridized carbons (Fsp3) is 0.208. The minimum Gasteiger partial charge on any atom is -0.271 e. The second-order valence-corrected chi connectivity index (χ2v) is 9.41. The third-order valence-corrected chi connectivity index (χ3v) is 6.91. The molecule has 3 heterocycles. The summed E-state index contributed by atoms with van der Waals surface area (Å²) < 4.78 is 5.00. The third kappa shape index (κ3) is 3.47. The van der Waals surface area contributed by atoms with E-state index >= 15 is 0 Å². The lowest BCUT2D eigenvalue weighted by Gasteiger charge is -2.10. The molecule has 8 heteroatoms. The minimum atomic E-state index is -0.299. The van der Waals surface area contributed by atoms with Crippen molar-refractivity contribution in [3.63, 3.8) is 0 Å². The lowest BCUT2D eigenvalue weighted by molar-refractivity contribution is 0.655. The number of benzene rings is 2. The molecule has 0 bridgehead atoms. The Morgan fingerprint density at radius 2 is 1.75 bits per heavy atom. The largest absolute Gasteiger partial charge is 0.352 e. The molecule has 0 N–H and O–H groups in total. The van der Waals surface area contributed by atoms with Gasteiger partial charge in [-0.2, -0.15) is 0 Å². The van der Waals surface area contributed by atoms with Crippen LogP contribution in [0.25, 0.3) is 16.0 Å². The number of hydrogen-bond donors (Lipinski definition) is 0. The molecule has 6 nitrogen and oxygen atoms in total. The fourth-order valence-corrected chi connectivity index (χ4v) is 4.88. The van der Waals surface area contributed by atoms with Gasteiger partial charge in [-0.15, -0.1) is 16.4 Å². The molecule has 5 rings (SSSR count). The lowest BCUT2D eigenvalue weighted by Crippen LogP contribution is -2.26. The monoisotopic (exact) mass is 464 g/mol. The van der Waals surface area contributed by atoms with Crippen LogP contribution in [0.4, 0.5) is 0 Å². The molecule has 0 aliphatic rings. The number of halogens is 1. The van der Waals surface area contributed by atoms with E-state index in [2.05, 4.69) is 31.1 Å². The first-order chi connectivity index (χ1) is 15.4. The molecule has 0 saturated carbocycles. The third-order valence-electron chi connectivity index (χ3n) is 5.65. The highest BCUT2D eigenvalue weighted by Crippen LogP contribution is 2.20. The topological polar surface area (TPSA) is 61.3 Å². The summed E-state index contributed by atoms with van der Waals surface area (Å²) in [6, 6.07) is 17.4. The van der Waals surface area contributed by atoms with Gasteiger partial charge >= 0.3 is 5.69 Å². The van der Waals surface area contributed by atoms with Crippen LogP contribution in [0, 0.1) is 0 Å². The van der Waals surface area contributed by atoms with Crippen LogP contribution in [0.1, 0.15) is 36.5 Å². The van der Waals surface area contributed by atoms with Gasteiger partial charge in [0.25, 0.3) is 5.56 Å². The summed E-state index contributed by atoms with van der Waals surface area (Å²) >= 11 is 7.63. The van der Waals surface area contributed by atoms with Crippen molar-refractivity contribution < 1.29 is 0 Å². The number of nitrogens with zero attached hydrogens (tertiary/aromatic N) is 4. The molecule has 2 aromatic carbocycles. The summed E-state index contributed by atoms with van der Waals surface area (Å²) in [4.78, 5) is 26.6. The van der Waals surface area contributed by atoms with Crippen molar-refractivity contribution in [2.75, 3.05) is 0 Å². The van der Waals surface area contributed by atoms with Crippen molar-refractivity contribution in [2.24, 2.45) is 0 Å². The van der Waals surface area contributed by atoms with Crippen molar-refractivity contribution in [1.82, 2.24) is 18.7 Å². The van der Waals surface area contributed by atoms with Gasteiger partial charge in [-0.05, 0) is 40.1 Å². The van der Waals surface area contributed by atoms with E-state index in [0.29, 0.717) is 33.5 Å². The van der Waals surface area contributed by atoms with Crippen molar-refractivity contribution in [1.29, 1.82) is 0 Å². The Morgan fingerprint density at radius 3 is 2.47 bits per heavy atom. The second kappa shape index (κ2) is 8.07. The predicted octanol–water partition coefficient (Wildman–Crippen LogP) is 4.75. The van der Waals surface area contributed by atoms with Crippen LogP contribution < -0.4 is 11.2 Å². The Morgan fingerprint density at radius 1 is 1.00 bits per heavy atom. The van der Waals surface area contributed by atoms with E-state index in [0.717, 1.165) is 11.1 Å². The number of hydrogen-bond acceptors (Lipinski definition) is 4. The van der Waals surface area contributed by atoms with E-state index < -0.39 is 0 Å². The van der Waals surface area contributed by atoms with Crippen molar-refractivity contribution in [2.45, 2.75) is 32.9 Å². The minimum absolute atomic E-state index is 0.148. The van der Waals surface area contributed by atoms with Crippen LogP contribution in [0.2, 0.25) is 5.02 Å². The summed E-state index contributed by atoms with van der Waals surface area (Å²) in [5.74, 6) is 0.755. The molecule has 0 fully saturated rings. The average Bonchev–Trinajstić information content (AvgIpc) is 3.38. The molecule has 0 amide bonds. The van der Waals surface area contributed by atoms with Crippen LogP contribution in [0.3, 0.4) is 0 Å². The van der Waals surface area contributed by atoms with Gasteiger partial charge in [0.2, 0.25) is 5.78 Å². The zero-order valence-electron chi connectivity index (χ0n) is 17.7. The van der Waals surface area contributed by atoms with E-state index in [-0.39, 0.29) is 17.8 Å². The SMILES string of the molecule is CC(C)c1ccc(Cn2c(=O)c3sccc3n3c(=O)n(Cc4ccccc4Cl)nc23)cc1. The lowest BCUT2D eigenvalue weighted by atomic mass is 10.0. The van der Waals surface area contributed by atoms with Crippen LogP contribution in [0.15, 0.2) is 69.6 Å². The number of aromatic nitrogens is 4. The van der Waals surface area contributed by atoms with Gasteiger partial charge in [-0.3, -0.25) is 9.36 Å². The zero-order chi connectivity index (χ0) is 22.4. The highest BCUT2D eigenvalue weighted by Gasteiger charge is 2.19. The summed E-state index contributed by atoms with van der Waals surface area (Å²) in [6.07, 6.45) is 0. The maximum atomic E-state index is 13.3. The van der Waals surface area contributed by atoms with Gasteiger partial charge in [-0.25, -0.2) is 13.9 Å². The molecule has 0 aliphatic carbocycles. The molecule has 162 valence electrons. The van der Waals surface area contributed by atoms with E-state index in [1.54, 1.807) is 16.7 Å². The van der Waals surface area contributed by atoms with Crippen LogP contribution >= 0.6 is 22.9 Å². The Hall–Kier alpha value is -3.16. The van der Waals surface area contributed by atoms with Crippen molar-refractivity contribution >= 4 is 38.9 Å². The maximum Gasteiger partial charge on any atom is 0.352 e. The van der Waals surface area contributed by atoms with E-state index in [4.69, 9.17) is 11.6 Å². The number of thiophene rings is 1. The quantitative estimate of drug-likeness (QED) is 0.377. The molecule has 5 aromatic rings. The molecule has 32 heavy (non-hydrogen) atoms. The van der Waals surface area contributed by atoms with Gasteiger partial charge in [0.15, 0.2) is 0 Å². The first-order valence-corrected chi connectivity index (χ1v) is 11.6. The molecule has 0 atom stereocenters. The Labute approximate surface area is 192 Å². The number of fused-ring (bicyclic) bond motifs is 3. The van der Waals surface area contributed by atoms with Crippen LogP contribution in [0.5, 0.6) is 0 Å². The highest BCUT2D eigenvalue weighted by molar-refractivity contribution is 7.17. The van der Waals surface area contributed by atoms with Crippen LogP contribution in [-0.2, 0) is 13.1 Å². The summed E-state index contributed by atoms with van der Waals surface area (Å²) in [5.41, 5.74) is 3.14. The van der Waals surface area contributed by atoms with Gasteiger partial charge < -0.3 is 0 Å². The molecule has 3 aromatic heterocycles. The smallest absolute Gasteiger partial charge is 0.271 e. The molecule has 0 unspecified atom stereocenters. The van der Waals surface area contributed by atoms with E-state index in [1.807, 2.05) is 35.7 Å². The van der Waals surface area contributed by atoms with Crippen molar-refractivity contribution in [3.8, 4) is 0 Å². The second-order valence-electron chi connectivity index (χ2n) is 8.09. The normalized spacial score (nSPS) is 11.8. The Kier molecular flexibility index (Phi) is 5.23. The van der Waals surface area contributed by atoms with E-state index in [9.17, 15) is 9.59 Å². The fourth-order valence-electron chi connectivity index (χ4n) is 3.86. The van der Waals surface area contributed by atoms with Gasteiger partial charge in [-0.1, -0.05) is 67.9 Å². The van der Waals surface area contributed by atoms with Gasteiger partial charge in [0.1, 0.15) is 4.70 Å². The van der Waals surface area contributed by atoms with E-state index in [1.165, 1.54) is 26.0 Å². The zero-order valence-corrected chi connectivity index (χ0v) is 19.2. The molecule has 0 saturated heterocycles. The van der Waals surface area contributed by atoms with Gasteiger partial charge in [0.05, 0.1) is 18.6 Å². The van der Waals surface area contributed by atoms with Crippen molar-refractivity contribution in [3.05, 3.63) is 103 Å². The Balaban J connectivity index is 1.68.